The first-order chi connectivity index (χ1) is 14.1. The number of hydrogen-bond donors (Lipinski definition) is 0. The molecule has 1 fully saturated rings. The SMILES string of the molecule is CCOC(=O)c1nc(N2CCN(c3ccc(OC)cc3)CC2)c2c(C)noc2n1. The zero-order chi connectivity index (χ0) is 20.4. The third-order valence-corrected chi connectivity index (χ3v) is 4.96. The topological polar surface area (TPSA) is 93.8 Å². The number of methoxy groups -OCH3 is 1. The molecule has 0 spiro atoms. The lowest BCUT2D eigenvalue weighted by Crippen LogP contribution is -2.47. The summed E-state index contributed by atoms with van der Waals surface area (Å²) < 4.78 is 15.6. The summed E-state index contributed by atoms with van der Waals surface area (Å²) in [6.07, 6.45) is 0. The molecule has 4 rings (SSSR count). The Hall–Kier alpha value is -3.36. The van der Waals surface area contributed by atoms with E-state index in [0.29, 0.717) is 17.2 Å². The quantitative estimate of drug-likeness (QED) is 0.602. The van der Waals surface area contributed by atoms with Gasteiger partial charge >= 0.3 is 5.97 Å². The number of nitrogens with zero attached hydrogens (tertiary/aromatic N) is 5. The molecule has 9 nitrogen and oxygen atoms in total. The van der Waals surface area contributed by atoms with Gasteiger partial charge in [-0.25, -0.2) is 9.78 Å². The predicted octanol–water partition coefficient (Wildman–Crippen LogP) is 2.44. The van der Waals surface area contributed by atoms with Crippen molar-refractivity contribution in [3.63, 3.8) is 0 Å². The number of piperazine rings is 1. The molecule has 0 radical (unpaired) electrons. The minimum Gasteiger partial charge on any atom is -0.497 e. The first-order valence-electron chi connectivity index (χ1n) is 9.55. The van der Waals surface area contributed by atoms with Gasteiger partial charge < -0.3 is 23.8 Å². The van der Waals surface area contributed by atoms with E-state index < -0.39 is 5.97 Å². The van der Waals surface area contributed by atoms with Crippen LogP contribution in [0.5, 0.6) is 5.75 Å². The fourth-order valence-corrected chi connectivity index (χ4v) is 3.45. The lowest BCUT2D eigenvalue weighted by atomic mass is 10.2. The molecule has 0 amide bonds. The summed E-state index contributed by atoms with van der Waals surface area (Å²) in [5.41, 5.74) is 2.14. The van der Waals surface area contributed by atoms with E-state index in [1.165, 1.54) is 0 Å². The third kappa shape index (κ3) is 3.67. The Morgan fingerprint density at radius 3 is 2.45 bits per heavy atom. The third-order valence-electron chi connectivity index (χ3n) is 4.96. The Kier molecular flexibility index (Phi) is 5.20. The molecule has 0 aliphatic carbocycles. The lowest BCUT2D eigenvalue weighted by Gasteiger charge is -2.37. The Bertz CT molecular complexity index is 1010. The molecule has 0 bridgehead atoms. The molecule has 2 aromatic heterocycles. The largest absolute Gasteiger partial charge is 0.497 e. The van der Waals surface area contributed by atoms with Crippen LogP contribution in [0.25, 0.3) is 11.1 Å². The summed E-state index contributed by atoms with van der Waals surface area (Å²) in [5, 5.41) is 4.73. The number of ether oxygens (including phenoxy) is 2. The van der Waals surface area contributed by atoms with Crippen LogP contribution in [-0.4, -0.2) is 61.0 Å². The van der Waals surface area contributed by atoms with E-state index in [1.54, 1.807) is 14.0 Å². The average Bonchev–Trinajstić information content (AvgIpc) is 3.14. The first-order valence-corrected chi connectivity index (χ1v) is 9.55. The minimum atomic E-state index is -0.568. The summed E-state index contributed by atoms with van der Waals surface area (Å²) in [4.78, 5) is 25.3. The van der Waals surface area contributed by atoms with Gasteiger partial charge in [-0.2, -0.15) is 4.98 Å². The molecule has 0 unspecified atom stereocenters. The molecule has 1 saturated heterocycles. The van der Waals surface area contributed by atoms with Gasteiger partial charge in [0.05, 0.1) is 19.4 Å². The number of hydrogen-bond acceptors (Lipinski definition) is 9. The molecule has 1 aliphatic rings. The Morgan fingerprint density at radius 1 is 1.10 bits per heavy atom. The van der Waals surface area contributed by atoms with Gasteiger partial charge in [-0.1, -0.05) is 5.16 Å². The number of aryl methyl sites for hydroxylation is 1. The van der Waals surface area contributed by atoms with Crippen molar-refractivity contribution in [3.8, 4) is 5.75 Å². The maximum atomic E-state index is 12.2. The van der Waals surface area contributed by atoms with E-state index in [9.17, 15) is 4.79 Å². The summed E-state index contributed by atoms with van der Waals surface area (Å²) in [5.74, 6) is 0.918. The molecule has 1 aromatic carbocycles. The highest BCUT2D eigenvalue weighted by Gasteiger charge is 2.26. The second kappa shape index (κ2) is 7.94. The number of benzene rings is 1. The van der Waals surface area contributed by atoms with Gasteiger partial charge in [-0.15, -0.1) is 0 Å². The van der Waals surface area contributed by atoms with Crippen molar-refractivity contribution in [1.82, 2.24) is 15.1 Å². The number of anilines is 2. The summed E-state index contributed by atoms with van der Waals surface area (Å²) in [6.45, 7) is 6.96. The highest BCUT2D eigenvalue weighted by atomic mass is 16.5. The Balaban J connectivity index is 1.58. The molecule has 29 heavy (non-hydrogen) atoms. The summed E-state index contributed by atoms with van der Waals surface area (Å²) in [7, 11) is 1.66. The van der Waals surface area contributed by atoms with Crippen LogP contribution in [0.1, 0.15) is 23.2 Å². The van der Waals surface area contributed by atoms with E-state index in [4.69, 9.17) is 14.0 Å². The van der Waals surface area contributed by atoms with Crippen LogP contribution in [-0.2, 0) is 4.74 Å². The Labute approximate surface area is 168 Å². The lowest BCUT2D eigenvalue weighted by molar-refractivity contribution is 0.0512. The fraction of sp³-hybridized carbons (Fsp3) is 0.400. The van der Waals surface area contributed by atoms with Crippen molar-refractivity contribution in [3.05, 3.63) is 35.8 Å². The standard InChI is InChI=1S/C20H23N5O4/c1-4-28-20(26)17-21-18(16-13(2)23-29-19(16)22-17)25-11-9-24(10-12-25)14-5-7-15(27-3)8-6-14/h5-8H,4,9-12H2,1-3H3. The van der Waals surface area contributed by atoms with Gasteiger partial charge in [-0.3, -0.25) is 0 Å². The van der Waals surface area contributed by atoms with Crippen LogP contribution < -0.4 is 14.5 Å². The van der Waals surface area contributed by atoms with E-state index >= 15 is 0 Å². The van der Waals surface area contributed by atoms with Crippen molar-refractivity contribution in [2.24, 2.45) is 0 Å². The molecule has 0 N–H and O–H groups in total. The normalized spacial score (nSPS) is 14.3. The van der Waals surface area contributed by atoms with Crippen molar-refractivity contribution in [2.75, 3.05) is 49.7 Å². The molecule has 1 aliphatic heterocycles. The molecule has 152 valence electrons. The number of aromatic nitrogens is 3. The maximum Gasteiger partial charge on any atom is 0.376 e. The number of carbonyl (C=O) groups excluding carboxylic acids is 1. The van der Waals surface area contributed by atoms with Gasteiger partial charge in [0.15, 0.2) is 0 Å². The van der Waals surface area contributed by atoms with Crippen LogP contribution in [0.15, 0.2) is 28.8 Å². The van der Waals surface area contributed by atoms with Crippen molar-refractivity contribution >= 4 is 28.6 Å². The van der Waals surface area contributed by atoms with E-state index in [2.05, 4.69) is 37.1 Å². The van der Waals surface area contributed by atoms with E-state index in [0.717, 1.165) is 43.0 Å². The maximum absolute atomic E-state index is 12.2. The van der Waals surface area contributed by atoms with Crippen LogP contribution in [0.3, 0.4) is 0 Å². The highest BCUT2D eigenvalue weighted by Crippen LogP contribution is 2.29. The zero-order valence-electron chi connectivity index (χ0n) is 16.7. The summed E-state index contributed by atoms with van der Waals surface area (Å²) >= 11 is 0. The molecule has 3 heterocycles. The highest BCUT2D eigenvalue weighted by molar-refractivity contribution is 5.93. The minimum absolute atomic E-state index is 0.0110. The molecular weight excluding hydrogens is 374 g/mol. The van der Waals surface area contributed by atoms with Crippen LogP contribution >= 0.6 is 0 Å². The predicted molar refractivity (Wildman–Crippen MR) is 108 cm³/mol. The van der Waals surface area contributed by atoms with Gasteiger partial charge in [0.2, 0.25) is 5.82 Å². The Morgan fingerprint density at radius 2 is 1.79 bits per heavy atom. The van der Waals surface area contributed by atoms with Crippen molar-refractivity contribution in [2.45, 2.75) is 13.8 Å². The van der Waals surface area contributed by atoms with Crippen LogP contribution in [0.2, 0.25) is 0 Å². The van der Waals surface area contributed by atoms with Gasteiger partial charge in [0.25, 0.3) is 5.71 Å². The smallest absolute Gasteiger partial charge is 0.376 e. The number of rotatable bonds is 5. The van der Waals surface area contributed by atoms with Gasteiger partial charge in [0, 0.05) is 31.9 Å². The van der Waals surface area contributed by atoms with Gasteiger partial charge in [-0.05, 0) is 38.1 Å². The van der Waals surface area contributed by atoms with Gasteiger partial charge in [0.1, 0.15) is 17.0 Å². The molecule has 3 aromatic rings. The number of fused-ring (bicyclic) bond motifs is 1. The van der Waals surface area contributed by atoms with Crippen LogP contribution in [0.4, 0.5) is 11.5 Å². The number of esters is 1. The first kappa shape index (κ1) is 19.0. The molecule has 0 saturated carbocycles. The molecule has 0 atom stereocenters. The van der Waals surface area contributed by atoms with E-state index in [-0.39, 0.29) is 12.4 Å². The summed E-state index contributed by atoms with van der Waals surface area (Å²) in [6, 6.07) is 8.03. The zero-order valence-corrected chi connectivity index (χ0v) is 16.7. The molecular formula is C20H23N5O4. The average molecular weight is 397 g/mol. The van der Waals surface area contributed by atoms with E-state index in [1.807, 2.05) is 19.1 Å². The fourth-order valence-electron chi connectivity index (χ4n) is 3.45. The monoisotopic (exact) mass is 397 g/mol. The second-order valence-corrected chi connectivity index (χ2v) is 6.71. The van der Waals surface area contributed by atoms with Crippen molar-refractivity contribution < 1.29 is 18.8 Å². The van der Waals surface area contributed by atoms with Crippen LogP contribution in [0, 0.1) is 6.92 Å². The van der Waals surface area contributed by atoms with Crippen molar-refractivity contribution in [1.29, 1.82) is 0 Å². The second-order valence-electron chi connectivity index (χ2n) is 6.71. The number of carbonyl (C=O) groups is 1. The molecule has 9 heteroatoms.